The number of para-hydroxylation sites is 1. The van der Waals surface area contributed by atoms with Crippen molar-refractivity contribution in [3.8, 4) is 0 Å². The number of nitrogens with one attached hydrogen (secondary N) is 2. The van der Waals surface area contributed by atoms with Crippen molar-refractivity contribution in [2.75, 3.05) is 5.32 Å². The first-order valence-electron chi connectivity index (χ1n) is 7.47. The van der Waals surface area contributed by atoms with Gasteiger partial charge in [0.2, 0.25) is 0 Å². The molecule has 0 aliphatic carbocycles. The van der Waals surface area contributed by atoms with E-state index in [1.54, 1.807) is 0 Å². The van der Waals surface area contributed by atoms with Gasteiger partial charge in [0.25, 0.3) is 5.56 Å². The Labute approximate surface area is 130 Å². The molecule has 0 saturated heterocycles. The van der Waals surface area contributed by atoms with Crippen LogP contribution in [0.1, 0.15) is 22.3 Å². The topological polar surface area (TPSA) is 44.9 Å². The van der Waals surface area contributed by atoms with E-state index >= 15 is 0 Å². The summed E-state index contributed by atoms with van der Waals surface area (Å²) in [6.07, 6.45) is 0. The molecule has 0 spiro atoms. The van der Waals surface area contributed by atoms with Gasteiger partial charge in [0.05, 0.1) is 0 Å². The quantitative estimate of drug-likeness (QED) is 0.764. The fourth-order valence-corrected chi connectivity index (χ4v) is 2.62. The molecule has 0 amide bonds. The Morgan fingerprint density at radius 2 is 1.68 bits per heavy atom. The van der Waals surface area contributed by atoms with E-state index in [4.69, 9.17) is 0 Å². The third-order valence-electron chi connectivity index (χ3n) is 4.15. The molecule has 3 nitrogen and oxygen atoms in total. The first kappa shape index (κ1) is 14.4. The van der Waals surface area contributed by atoms with Crippen LogP contribution < -0.4 is 10.9 Å². The van der Waals surface area contributed by atoms with Crippen LogP contribution in [0, 0.1) is 20.8 Å². The van der Waals surface area contributed by atoms with Crippen molar-refractivity contribution < 1.29 is 0 Å². The van der Waals surface area contributed by atoms with E-state index in [-0.39, 0.29) is 5.56 Å². The molecule has 0 saturated carbocycles. The van der Waals surface area contributed by atoms with E-state index in [1.807, 2.05) is 30.3 Å². The van der Waals surface area contributed by atoms with Crippen molar-refractivity contribution in [1.82, 2.24) is 4.98 Å². The zero-order valence-corrected chi connectivity index (χ0v) is 13.2. The summed E-state index contributed by atoms with van der Waals surface area (Å²) in [7, 11) is 0. The van der Waals surface area contributed by atoms with E-state index in [2.05, 4.69) is 43.2 Å². The summed E-state index contributed by atoms with van der Waals surface area (Å²) in [5, 5.41) is 4.41. The molecule has 3 heteroatoms. The average Bonchev–Trinajstić information content (AvgIpc) is 2.48. The highest BCUT2D eigenvalue weighted by atomic mass is 16.1. The van der Waals surface area contributed by atoms with E-state index in [0.29, 0.717) is 6.54 Å². The molecule has 0 bridgehead atoms. The molecule has 3 rings (SSSR count). The maximum Gasteiger partial charge on any atom is 0.253 e. The predicted molar refractivity (Wildman–Crippen MR) is 92.5 cm³/mol. The lowest BCUT2D eigenvalue weighted by Gasteiger charge is -2.10. The highest BCUT2D eigenvalue weighted by molar-refractivity contribution is 5.80. The summed E-state index contributed by atoms with van der Waals surface area (Å²) in [6.45, 7) is 6.72. The van der Waals surface area contributed by atoms with Gasteiger partial charge in [-0.2, -0.15) is 0 Å². The van der Waals surface area contributed by atoms with Gasteiger partial charge in [0.15, 0.2) is 0 Å². The van der Waals surface area contributed by atoms with Crippen molar-refractivity contribution in [2.24, 2.45) is 0 Å². The molecular formula is C19H20N2O. The second-order valence-corrected chi connectivity index (χ2v) is 5.82. The van der Waals surface area contributed by atoms with Crippen LogP contribution >= 0.6 is 0 Å². The number of fused-ring (bicyclic) bond motifs is 1. The largest absolute Gasteiger partial charge is 0.381 e. The molecule has 0 atom stereocenters. The van der Waals surface area contributed by atoms with Crippen LogP contribution in [0.4, 0.5) is 5.69 Å². The van der Waals surface area contributed by atoms with Gasteiger partial charge in [0.1, 0.15) is 0 Å². The van der Waals surface area contributed by atoms with Gasteiger partial charge in [-0.1, -0.05) is 18.2 Å². The number of H-pyrrole nitrogens is 1. The van der Waals surface area contributed by atoms with Gasteiger partial charge in [-0.25, -0.2) is 0 Å². The Kier molecular flexibility index (Phi) is 3.72. The van der Waals surface area contributed by atoms with Crippen LogP contribution in [0.2, 0.25) is 0 Å². The number of benzene rings is 2. The Morgan fingerprint density at radius 1 is 0.955 bits per heavy atom. The van der Waals surface area contributed by atoms with Crippen molar-refractivity contribution in [1.29, 1.82) is 0 Å². The zero-order chi connectivity index (χ0) is 15.7. The Bertz CT molecular complexity index is 894. The molecule has 0 aliphatic rings. The van der Waals surface area contributed by atoms with Crippen molar-refractivity contribution in [2.45, 2.75) is 27.3 Å². The molecule has 3 aromatic rings. The second-order valence-electron chi connectivity index (χ2n) is 5.82. The SMILES string of the molecule is Cc1cc2cc(CNc3ccccc3C)c(=O)[nH]c2cc1C. The molecule has 112 valence electrons. The molecule has 0 fully saturated rings. The Balaban J connectivity index is 1.94. The molecule has 0 radical (unpaired) electrons. The zero-order valence-electron chi connectivity index (χ0n) is 13.2. The standard InChI is InChI=1S/C19H20N2O/c1-12-6-4-5-7-17(12)20-11-16-10-15-8-13(2)14(3)9-18(15)21-19(16)22/h4-10,20H,11H2,1-3H3,(H,21,22). The van der Waals surface area contributed by atoms with Gasteiger partial charge in [-0.05, 0) is 67.1 Å². The Morgan fingerprint density at radius 3 is 2.45 bits per heavy atom. The van der Waals surface area contributed by atoms with Gasteiger partial charge < -0.3 is 10.3 Å². The van der Waals surface area contributed by atoms with Crippen LogP contribution in [-0.4, -0.2) is 4.98 Å². The maximum absolute atomic E-state index is 12.2. The minimum Gasteiger partial charge on any atom is -0.381 e. The first-order valence-corrected chi connectivity index (χ1v) is 7.47. The highest BCUT2D eigenvalue weighted by Gasteiger charge is 2.05. The molecular weight excluding hydrogens is 272 g/mol. The van der Waals surface area contributed by atoms with Crippen LogP contribution in [-0.2, 0) is 6.54 Å². The highest BCUT2D eigenvalue weighted by Crippen LogP contribution is 2.18. The van der Waals surface area contributed by atoms with Gasteiger partial charge in [0, 0.05) is 23.3 Å². The lowest BCUT2D eigenvalue weighted by atomic mass is 10.0. The van der Waals surface area contributed by atoms with E-state index in [1.165, 1.54) is 16.7 Å². The number of aromatic amines is 1. The summed E-state index contributed by atoms with van der Waals surface area (Å²) < 4.78 is 0. The van der Waals surface area contributed by atoms with E-state index in [9.17, 15) is 4.79 Å². The number of anilines is 1. The van der Waals surface area contributed by atoms with Crippen molar-refractivity contribution in [3.05, 3.63) is 75.1 Å². The lowest BCUT2D eigenvalue weighted by molar-refractivity contribution is 1.08. The molecule has 0 aliphatic heterocycles. The van der Waals surface area contributed by atoms with Gasteiger partial charge >= 0.3 is 0 Å². The maximum atomic E-state index is 12.2. The molecule has 1 aromatic heterocycles. The lowest BCUT2D eigenvalue weighted by Crippen LogP contribution is -2.16. The summed E-state index contributed by atoms with van der Waals surface area (Å²) >= 11 is 0. The second kappa shape index (κ2) is 5.68. The average molecular weight is 292 g/mol. The number of hydrogen-bond donors (Lipinski definition) is 2. The molecule has 2 N–H and O–H groups in total. The number of rotatable bonds is 3. The minimum atomic E-state index is -0.0307. The van der Waals surface area contributed by atoms with Crippen LogP contribution in [0.15, 0.2) is 47.3 Å². The van der Waals surface area contributed by atoms with Crippen molar-refractivity contribution >= 4 is 16.6 Å². The van der Waals surface area contributed by atoms with Gasteiger partial charge in [-0.15, -0.1) is 0 Å². The fourth-order valence-electron chi connectivity index (χ4n) is 2.62. The van der Waals surface area contributed by atoms with E-state index in [0.717, 1.165) is 22.2 Å². The number of aromatic nitrogens is 1. The summed E-state index contributed by atoms with van der Waals surface area (Å²) in [5.41, 5.74) is 6.27. The number of pyridine rings is 1. The van der Waals surface area contributed by atoms with Crippen LogP contribution in [0.25, 0.3) is 10.9 Å². The molecule has 0 unspecified atom stereocenters. The number of hydrogen-bond acceptors (Lipinski definition) is 2. The van der Waals surface area contributed by atoms with Crippen molar-refractivity contribution in [3.63, 3.8) is 0 Å². The molecule has 1 heterocycles. The number of aryl methyl sites for hydroxylation is 3. The monoisotopic (exact) mass is 292 g/mol. The molecule has 22 heavy (non-hydrogen) atoms. The summed E-state index contributed by atoms with van der Waals surface area (Å²) in [5.74, 6) is 0. The van der Waals surface area contributed by atoms with Gasteiger partial charge in [-0.3, -0.25) is 4.79 Å². The normalized spacial score (nSPS) is 10.9. The summed E-state index contributed by atoms with van der Waals surface area (Å²) in [6, 6.07) is 14.2. The van der Waals surface area contributed by atoms with E-state index < -0.39 is 0 Å². The Hall–Kier alpha value is -2.55. The third-order valence-corrected chi connectivity index (χ3v) is 4.15. The summed E-state index contributed by atoms with van der Waals surface area (Å²) in [4.78, 5) is 15.2. The smallest absolute Gasteiger partial charge is 0.253 e. The van der Waals surface area contributed by atoms with Crippen LogP contribution in [0.5, 0.6) is 0 Å². The predicted octanol–water partition coefficient (Wildman–Crippen LogP) is 4.07. The van der Waals surface area contributed by atoms with Crippen LogP contribution in [0.3, 0.4) is 0 Å². The minimum absolute atomic E-state index is 0.0307. The molecule has 2 aromatic carbocycles. The third kappa shape index (κ3) is 2.75. The first-order chi connectivity index (χ1) is 10.5. The fraction of sp³-hybridized carbons (Fsp3) is 0.211.